The van der Waals surface area contributed by atoms with E-state index in [0.717, 1.165) is 42.1 Å². The van der Waals surface area contributed by atoms with Crippen molar-refractivity contribution in [3.63, 3.8) is 0 Å². The SMILES string of the molecule is CCCCCCC[N+]1(CCNc2ccccc2CC(OCC)C(=O)OCC)C(=O)COc2ccccc21. The fraction of sp³-hybridized carbons (Fsp3) is 0.533. The van der Waals surface area contributed by atoms with Gasteiger partial charge in [0.15, 0.2) is 17.5 Å². The predicted molar refractivity (Wildman–Crippen MR) is 148 cm³/mol. The Bertz CT molecular complexity index is 1010. The summed E-state index contributed by atoms with van der Waals surface area (Å²) >= 11 is 0. The highest BCUT2D eigenvalue weighted by atomic mass is 16.6. The maximum atomic E-state index is 13.4. The maximum Gasteiger partial charge on any atom is 0.356 e. The quantitative estimate of drug-likeness (QED) is 0.182. The number of nitrogens with zero attached hydrogens (tertiary/aromatic N) is 1. The molecule has 2 unspecified atom stereocenters. The number of rotatable bonds is 16. The highest BCUT2D eigenvalue weighted by molar-refractivity contribution is 5.93. The van der Waals surface area contributed by atoms with Crippen LogP contribution in [0, 0.1) is 0 Å². The first-order valence-electron chi connectivity index (χ1n) is 13.8. The van der Waals surface area contributed by atoms with Gasteiger partial charge in [-0.1, -0.05) is 56.5 Å². The van der Waals surface area contributed by atoms with Crippen LogP contribution in [0.2, 0.25) is 0 Å². The van der Waals surface area contributed by atoms with Gasteiger partial charge in [-0.25, -0.2) is 14.1 Å². The molecule has 1 aliphatic heterocycles. The Balaban J connectivity index is 1.76. The molecule has 1 aliphatic rings. The normalized spacial score (nSPS) is 17.5. The van der Waals surface area contributed by atoms with E-state index in [1.54, 1.807) is 6.92 Å². The molecule has 1 N–H and O–H groups in total. The van der Waals surface area contributed by atoms with Crippen LogP contribution >= 0.6 is 0 Å². The number of para-hydroxylation sites is 3. The monoisotopic (exact) mass is 511 g/mol. The van der Waals surface area contributed by atoms with E-state index in [0.29, 0.717) is 37.2 Å². The summed E-state index contributed by atoms with van der Waals surface area (Å²) in [5, 5.41) is 3.55. The Hall–Kier alpha value is -2.90. The van der Waals surface area contributed by atoms with Crippen molar-refractivity contribution in [2.75, 3.05) is 44.8 Å². The highest BCUT2D eigenvalue weighted by Gasteiger charge is 2.44. The summed E-state index contributed by atoms with van der Waals surface area (Å²) in [4.78, 5) is 25.8. The van der Waals surface area contributed by atoms with E-state index < -0.39 is 6.10 Å². The first-order valence-corrected chi connectivity index (χ1v) is 13.8. The minimum Gasteiger partial charge on any atom is -0.473 e. The molecule has 2 aromatic rings. The van der Waals surface area contributed by atoms with Gasteiger partial charge in [-0.15, -0.1) is 0 Å². The van der Waals surface area contributed by atoms with Gasteiger partial charge in [0.1, 0.15) is 6.54 Å². The molecule has 1 heterocycles. The summed E-state index contributed by atoms with van der Waals surface area (Å²) < 4.78 is 17.0. The lowest BCUT2D eigenvalue weighted by molar-refractivity contribution is -0.156. The molecular weight excluding hydrogens is 468 g/mol. The minimum absolute atomic E-state index is 0.0954. The van der Waals surface area contributed by atoms with E-state index in [1.807, 2.05) is 55.5 Å². The van der Waals surface area contributed by atoms with Crippen molar-refractivity contribution < 1.29 is 23.8 Å². The van der Waals surface area contributed by atoms with Crippen LogP contribution in [0.25, 0.3) is 0 Å². The first-order chi connectivity index (χ1) is 18.1. The van der Waals surface area contributed by atoms with Crippen molar-refractivity contribution in [3.05, 3.63) is 54.1 Å². The molecular formula is C30H43N2O5+. The average molecular weight is 512 g/mol. The number of carbonyl (C=O) groups excluding carboxylic acids is 2. The standard InChI is InChI=1S/C30H43N2O5/c1-4-7-8-9-14-20-32(26-17-12-13-18-27(26)37-23-29(32)33)21-19-31-25-16-11-10-15-24(25)22-28(35-5-2)30(34)36-6-3/h10-13,15-18,28,31H,4-9,14,19-23H2,1-3H3/q+1. The van der Waals surface area contributed by atoms with Crippen LogP contribution < -0.4 is 14.5 Å². The second kappa shape index (κ2) is 14.7. The summed E-state index contributed by atoms with van der Waals surface area (Å²) in [5.41, 5.74) is 2.86. The number of anilines is 1. The van der Waals surface area contributed by atoms with Gasteiger partial charge in [0.05, 0.1) is 19.7 Å². The number of unbranched alkanes of at least 4 members (excludes halogenated alkanes) is 4. The number of nitrogens with one attached hydrogen (secondary N) is 1. The van der Waals surface area contributed by atoms with Crippen LogP contribution in [-0.4, -0.2) is 57.4 Å². The van der Waals surface area contributed by atoms with Crippen LogP contribution in [0.4, 0.5) is 11.4 Å². The second-order valence-electron chi connectivity index (χ2n) is 9.46. The van der Waals surface area contributed by atoms with Crippen molar-refractivity contribution in [2.24, 2.45) is 0 Å². The van der Waals surface area contributed by atoms with Gasteiger partial charge in [0.2, 0.25) is 6.61 Å². The Morgan fingerprint density at radius 2 is 1.73 bits per heavy atom. The number of amides is 1. The van der Waals surface area contributed by atoms with Crippen LogP contribution in [0.15, 0.2) is 48.5 Å². The third-order valence-electron chi connectivity index (χ3n) is 6.95. The zero-order chi connectivity index (χ0) is 26.5. The molecule has 37 heavy (non-hydrogen) atoms. The molecule has 0 aromatic heterocycles. The lowest BCUT2D eigenvalue weighted by Crippen LogP contribution is -2.60. The van der Waals surface area contributed by atoms with Crippen LogP contribution in [0.3, 0.4) is 0 Å². The smallest absolute Gasteiger partial charge is 0.356 e. The summed E-state index contributed by atoms with van der Waals surface area (Å²) in [6, 6.07) is 15.9. The Labute approximate surface area is 221 Å². The van der Waals surface area contributed by atoms with E-state index in [1.165, 1.54) is 19.3 Å². The summed E-state index contributed by atoms with van der Waals surface area (Å²) in [6.45, 7) is 8.71. The topological polar surface area (TPSA) is 73.9 Å². The number of carbonyl (C=O) groups is 2. The number of benzene rings is 2. The van der Waals surface area contributed by atoms with E-state index in [2.05, 4.69) is 12.2 Å². The zero-order valence-electron chi connectivity index (χ0n) is 22.7. The Morgan fingerprint density at radius 3 is 2.51 bits per heavy atom. The molecule has 2 atom stereocenters. The van der Waals surface area contributed by atoms with Gasteiger partial charge in [-0.2, -0.15) is 0 Å². The fourth-order valence-corrected chi connectivity index (χ4v) is 5.02. The van der Waals surface area contributed by atoms with Crippen molar-refractivity contribution >= 4 is 23.3 Å². The first kappa shape index (κ1) is 28.7. The van der Waals surface area contributed by atoms with E-state index >= 15 is 0 Å². The lowest BCUT2D eigenvalue weighted by atomic mass is 10.1. The van der Waals surface area contributed by atoms with Crippen molar-refractivity contribution in [1.29, 1.82) is 0 Å². The molecule has 0 saturated heterocycles. The molecule has 0 saturated carbocycles. The molecule has 202 valence electrons. The van der Waals surface area contributed by atoms with Gasteiger partial charge < -0.3 is 19.5 Å². The second-order valence-corrected chi connectivity index (χ2v) is 9.46. The largest absolute Gasteiger partial charge is 0.473 e. The Morgan fingerprint density at radius 1 is 0.973 bits per heavy atom. The highest BCUT2D eigenvalue weighted by Crippen LogP contribution is 2.38. The van der Waals surface area contributed by atoms with Gasteiger partial charge in [0.25, 0.3) is 0 Å². The van der Waals surface area contributed by atoms with Gasteiger partial charge in [0, 0.05) is 24.8 Å². The summed E-state index contributed by atoms with van der Waals surface area (Å²) in [7, 11) is 0. The molecule has 0 spiro atoms. The van der Waals surface area contributed by atoms with Crippen molar-refractivity contribution in [1.82, 2.24) is 4.48 Å². The van der Waals surface area contributed by atoms with E-state index in [4.69, 9.17) is 14.2 Å². The molecule has 2 aromatic carbocycles. The number of hydrogen-bond donors (Lipinski definition) is 1. The Kier molecular flexibility index (Phi) is 11.4. The third-order valence-corrected chi connectivity index (χ3v) is 6.95. The number of fused-ring (bicyclic) bond motifs is 1. The lowest BCUT2D eigenvalue weighted by Gasteiger charge is -2.39. The van der Waals surface area contributed by atoms with Gasteiger partial charge in [-0.05, 0) is 44.4 Å². The van der Waals surface area contributed by atoms with Crippen LogP contribution in [0.5, 0.6) is 5.75 Å². The number of ether oxygens (including phenoxy) is 3. The van der Waals surface area contributed by atoms with E-state index in [9.17, 15) is 9.59 Å². The van der Waals surface area contributed by atoms with E-state index in [-0.39, 0.29) is 18.5 Å². The molecule has 0 aliphatic carbocycles. The van der Waals surface area contributed by atoms with Crippen molar-refractivity contribution in [2.45, 2.75) is 65.4 Å². The molecule has 3 rings (SSSR count). The van der Waals surface area contributed by atoms with Crippen molar-refractivity contribution in [3.8, 4) is 5.75 Å². The molecule has 0 radical (unpaired) electrons. The number of hydrogen-bond acceptors (Lipinski definition) is 6. The predicted octanol–water partition coefficient (Wildman–Crippen LogP) is 5.51. The number of esters is 1. The zero-order valence-corrected chi connectivity index (χ0v) is 22.7. The summed E-state index contributed by atoms with van der Waals surface area (Å²) in [6.07, 6.45) is 5.49. The third kappa shape index (κ3) is 7.55. The minimum atomic E-state index is -0.651. The summed E-state index contributed by atoms with van der Waals surface area (Å²) in [5.74, 6) is 0.551. The molecule has 1 amide bonds. The maximum absolute atomic E-state index is 13.4. The average Bonchev–Trinajstić information content (AvgIpc) is 2.91. The molecule has 7 nitrogen and oxygen atoms in total. The molecule has 0 bridgehead atoms. The van der Waals surface area contributed by atoms with Crippen LogP contribution in [-0.2, 0) is 25.5 Å². The fourth-order valence-electron chi connectivity index (χ4n) is 5.02. The molecule has 7 heteroatoms. The number of quaternary nitrogens is 1. The van der Waals surface area contributed by atoms with Gasteiger partial charge in [-0.3, -0.25) is 0 Å². The van der Waals surface area contributed by atoms with Gasteiger partial charge >= 0.3 is 11.9 Å². The van der Waals surface area contributed by atoms with Crippen LogP contribution in [0.1, 0.15) is 58.4 Å². The molecule has 0 fully saturated rings.